The van der Waals surface area contributed by atoms with Gasteiger partial charge in [0.05, 0.1) is 18.4 Å². The fraction of sp³-hybridized carbons (Fsp3) is 0.167. The highest BCUT2D eigenvalue weighted by molar-refractivity contribution is 5.90. The summed E-state index contributed by atoms with van der Waals surface area (Å²) in [6.45, 7) is 0. The lowest BCUT2D eigenvalue weighted by atomic mass is 10.2. The number of amides is 1. The molecular formula is C18H15F2N3O3. The summed E-state index contributed by atoms with van der Waals surface area (Å²) in [6.07, 6.45) is 0.182. The molecule has 0 aliphatic rings. The van der Waals surface area contributed by atoms with Gasteiger partial charge in [-0.1, -0.05) is 12.1 Å². The maximum absolute atomic E-state index is 13.5. The molecule has 0 saturated carbocycles. The van der Waals surface area contributed by atoms with E-state index in [-0.39, 0.29) is 30.3 Å². The van der Waals surface area contributed by atoms with Crippen molar-refractivity contribution in [2.45, 2.75) is 12.8 Å². The Morgan fingerprint density at radius 3 is 2.77 bits per heavy atom. The number of carbonyl (C=O) groups excluding carboxylic acids is 1. The minimum Gasteiger partial charge on any atom is -0.496 e. The third-order valence-electron chi connectivity index (χ3n) is 3.58. The number of aromatic nitrogens is 2. The summed E-state index contributed by atoms with van der Waals surface area (Å²) in [6, 6.07) is 10.1. The summed E-state index contributed by atoms with van der Waals surface area (Å²) in [5.74, 6) is -0.868. The molecule has 3 aromatic rings. The van der Waals surface area contributed by atoms with Crippen LogP contribution in [0.25, 0.3) is 11.5 Å². The molecule has 0 unspecified atom stereocenters. The number of anilines is 1. The molecular weight excluding hydrogens is 344 g/mol. The molecule has 0 aliphatic heterocycles. The Bertz CT molecular complexity index is 928. The van der Waals surface area contributed by atoms with Crippen LogP contribution in [0.2, 0.25) is 0 Å². The van der Waals surface area contributed by atoms with Gasteiger partial charge < -0.3 is 14.5 Å². The van der Waals surface area contributed by atoms with Crippen molar-refractivity contribution < 1.29 is 22.7 Å². The number of methoxy groups -OCH3 is 1. The number of rotatable bonds is 6. The molecule has 0 aliphatic carbocycles. The van der Waals surface area contributed by atoms with Gasteiger partial charge in [-0.05, 0) is 24.3 Å². The molecule has 1 amide bonds. The number of ether oxygens (including phenoxy) is 1. The number of aryl methyl sites for hydroxylation is 1. The van der Waals surface area contributed by atoms with Gasteiger partial charge in [0.25, 0.3) is 5.89 Å². The van der Waals surface area contributed by atoms with Gasteiger partial charge in [0.2, 0.25) is 11.8 Å². The Morgan fingerprint density at radius 1 is 1.19 bits per heavy atom. The number of hydrogen-bond acceptors (Lipinski definition) is 5. The van der Waals surface area contributed by atoms with E-state index in [1.165, 1.54) is 7.11 Å². The van der Waals surface area contributed by atoms with Gasteiger partial charge in [0.1, 0.15) is 17.4 Å². The third kappa shape index (κ3) is 4.02. The molecule has 0 radical (unpaired) electrons. The van der Waals surface area contributed by atoms with Crippen molar-refractivity contribution in [3.8, 4) is 17.2 Å². The molecule has 0 bridgehead atoms. The summed E-state index contributed by atoms with van der Waals surface area (Å²) in [7, 11) is 1.54. The van der Waals surface area contributed by atoms with Crippen LogP contribution in [0, 0.1) is 11.6 Å². The number of para-hydroxylation sites is 1. The highest BCUT2D eigenvalue weighted by Crippen LogP contribution is 2.28. The fourth-order valence-corrected chi connectivity index (χ4v) is 2.31. The first kappa shape index (κ1) is 17.5. The zero-order chi connectivity index (χ0) is 18.5. The second-order valence-corrected chi connectivity index (χ2v) is 5.37. The van der Waals surface area contributed by atoms with Crippen LogP contribution in [0.1, 0.15) is 12.3 Å². The Morgan fingerprint density at radius 2 is 2.00 bits per heavy atom. The Hall–Kier alpha value is -3.29. The summed E-state index contributed by atoms with van der Waals surface area (Å²) >= 11 is 0. The van der Waals surface area contributed by atoms with Crippen LogP contribution in [-0.4, -0.2) is 23.2 Å². The van der Waals surface area contributed by atoms with Crippen molar-refractivity contribution in [1.82, 2.24) is 10.2 Å². The van der Waals surface area contributed by atoms with E-state index >= 15 is 0 Å². The minimum absolute atomic E-state index is 0.00434. The van der Waals surface area contributed by atoms with Gasteiger partial charge in [-0.15, -0.1) is 10.2 Å². The number of benzene rings is 2. The van der Waals surface area contributed by atoms with E-state index < -0.39 is 17.5 Å². The van der Waals surface area contributed by atoms with E-state index in [0.717, 1.165) is 12.1 Å². The van der Waals surface area contributed by atoms with Crippen LogP contribution < -0.4 is 10.1 Å². The zero-order valence-corrected chi connectivity index (χ0v) is 13.8. The van der Waals surface area contributed by atoms with E-state index in [4.69, 9.17) is 9.15 Å². The Kier molecular flexibility index (Phi) is 5.21. The molecule has 1 N–H and O–H groups in total. The van der Waals surface area contributed by atoms with E-state index in [2.05, 4.69) is 15.5 Å². The van der Waals surface area contributed by atoms with Crippen molar-refractivity contribution in [1.29, 1.82) is 0 Å². The maximum atomic E-state index is 13.5. The topological polar surface area (TPSA) is 77.2 Å². The smallest absolute Gasteiger partial charge is 0.251 e. The molecule has 2 aromatic carbocycles. The monoisotopic (exact) mass is 359 g/mol. The van der Waals surface area contributed by atoms with Crippen molar-refractivity contribution in [3.05, 3.63) is 60.0 Å². The molecule has 6 nitrogen and oxygen atoms in total. The van der Waals surface area contributed by atoms with Crippen LogP contribution in [0.3, 0.4) is 0 Å². The van der Waals surface area contributed by atoms with Gasteiger partial charge in [-0.2, -0.15) is 0 Å². The van der Waals surface area contributed by atoms with Crippen molar-refractivity contribution in [3.63, 3.8) is 0 Å². The Balaban J connectivity index is 1.62. The average Bonchev–Trinajstić information content (AvgIpc) is 3.11. The van der Waals surface area contributed by atoms with Crippen LogP contribution in [-0.2, 0) is 11.2 Å². The molecule has 0 spiro atoms. The predicted molar refractivity (Wildman–Crippen MR) is 89.6 cm³/mol. The molecule has 134 valence electrons. The van der Waals surface area contributed by atoms with E-state index in [9.17, 15) is 13.6 Å². The van der Waals surface area contributed by atoms with Crippen molar-refractivity contribution in [2.75, 3.05) is 12.4 Å². The van der Waals surface area contributed by atoms with Crippen LogP contribution in [0.5, 0.6) is 5.75 Å². The average molecular weight is 359 g/mol. The van der Waals surface area contributed by atoms with Gasteiger partial charge in [0.15, 0.2) is 0 Å². The first-order chi connectivity index (χ1) is 12.6. The highest BCUT2D eigenvalue weighted by Gasteiger charge is 2.14. The van der Waals surface area contributed by atoms with E-state index in [0.29, 0.717) is 17.4 Å². The number of nitrogens with zero attached hydrogens (tertiary/aromatic N) is 2. The van der Waals surface area contributed by atoms with Crippen LogP contribution in [0.4, 0.5) is 14.5 Å². The summed E-state index contributed by atoms with van der Waals surface area (Å²) in [4.78, 5) is 11.9. The van der Waals surface area contributed by atoms with Gasteiger partial charge in [-0.25, -0.2) is 8.78 Å². The third-order valence-corrected chi connectivity index (χ3v) is 3.58. The standard InChI is InChI=1S/C18H15F2N3O3/c1-25-15-5-3-2-4-12(15)18-23-22-17(26-18)9-8-16(24)21-14-7-6-11(19)10-13(14)20/h2-7,10H,8-9H2,1H3,(H,21,24). The molecule has 0 atom stereocenters. The molecule has 26 heavy (non-hydrogen) atoms. The lowest BCUT2D eigenvalue weighted by Crippen LogP contribution is -2.13. The number of nitrogens with one attached hydrogen (secondary N) is 1. The first-order valence-electron chi connectivity index (χ1n) is 7.77. The molecule has 0 fully saturated rings. The number of hydrogen-bond donors (Lipinski definition) is 1. The maximum Gasteiger partial charge on any atom is 0.251 e. The van der Waals surface area contributed by atoms with Gasteiger partial charge in [-0.3, -0.25) is 4.79 Å². The second-order valence-electron chi connectivity index (χ2n) is 5.37. The summed E-state index contributed by atoms with van der Waals surface area (Å²) in [5, 5.41) is 10.2. The lowest BCUT2D eigenvalue weighted by Gasteiger charge is -2.05. The Labute approximate surface area is 147 Å². The highest BCUT2D eigenvalue weighted by atomic mass is 19.1. The first-order valence-corrected chi connectivity index (χ1v) is 7.77. The zero-order valence-electron chi connectivity index (χ0n) is 13.8. The van der Waals surface area contributed by atoms with E-state index in [1.54, 1.807) is 12.1 Å². The second kappa shape index (κ2) is 7.73. The van der Waals surface area contributed by atoms with Gasteiger partial charge in [0, 0.05) is 18.9 Å². The normalized spacial score (nSPS) is 10.6. The molecule has 3 rings (SSSR count). The molecule has 0 saturated heterocycles. The minimum atomic E-state index is -0.838. The molecule has 1 heterocycles. The number of halogens is 2. The van der Waals surface area contributed by atoms with Gasteiger partial charge >= 0.3 is 0 Å². The quantitative estimate of drug-likeness (QED) is 0.728. The van der Waals surface area contributed by atoms with Crippen LogP contribution >= 0.6 is 0 Å². The SMILES string of the molecule is COc1ccccc1-c1nnc(CCC(=O)Nc2ccc(F)cc2F)o1. The number of carbonyl (C=O) groups is 1. The predicted octanol–water partition coefficient (Wildman–Crippen LogP) is 3.59. The lowest BCUT2D eigenvalue weighted by molar-refractivity contribution is -0.116. The van der Waals surface area contributed by atoms with E-state index in [1.807, 2.05) is 12.1 Å². The largest absolute Gasteiger partial charge is 0.496 e. The fourth-order valence-electron chi connectivity index (χ4n) is 2.31. The summed E-state index contributed by atoms with van der Waals surface area (Å²) < 4.78 is 37.2. The van der Waals surface area contributed by atoms with Crippen LogP contribution in [0.15, 0.2) is 46.9 Å². The van der Waals surface area contributed by atoms with Crippen molar-refractivity contribution >= 4 is 11.6 Å². The van der Waals surface area contributed by atoms with Crippen molar-refractivity contribution in [2.24, 2.45) is 0 Å². The molecule has 1 aromatic heterocycles. The summed E-state index contributed by atoms with van der Waals surface area (Å²) in [5.41, 5.74) is 0.559. The molecule has 8 heteroatoms.